The fraction of sp³-hybridized carbons (Fsp3) is 0.417. The Balaban J connectivity index is 1.69. The van der Waals surface area contributed by atoms with Gasteiger partial charge in [0.2, 0.25) is 11.9 Å². The van der Waals surface area contributed by atoms with Gasteiger partial charge in [-0.3, -0.25) is 14.7 Å². The van der Waals surface area contributed by atoms with Gasteiger partial charge in [-0.15, -0.1) is 10.2 Å². The van der Waals surface area contributed by atoms with Gasteiger partial charge < -0.3 is 4.42 Å². The fourth-order valence-corrected chi connectivity index (χ4v) is 2.14. The van der Waals surface area contributed by atoms with Crippen LogP contribution in [0.25, 0.3) is 0 Å². The van der Waals surface area contributed by atoms with Gasteiger partial charge in [0.15, 0.2) is 0 Å². The summed E-state index contributed by atoms with van der Waals surface area (Å²) in [4.78, 5) is 11.8. The third-order valence-corrected chi connectivity index (χ3v) is 3.03. The zero-order chi connectivity index (χ0) is 12.4. The summed E-state index contributed by atoms with van der Waals surface area (Å²) in [6.07, 6.45) is 4.95. The van der Waals surface area contributed by atoms with Crippen molar-refractivity contribution in [1.29, 1.82) is 0 Å². The number of rotatable bonds is 3. The van der Waals surface area contributed by atoms with E-state index >= 15 is 0 Å². The van der Waals surface area contributed by atoms with Crippen LogP contribution in [-0.4, -0.2) is 20.7 Å². The lowest BCUT2D eigenvalue weighted by atomic mass is 10.2. The number of aryl methyl sites for hydroxylation is 1. The first-order valence-corrected chi connectivity index (χ1v) is 6.07. The molecule has 2 aromatic rings. The first kappa shape index (κ1) is 11.0. The number of carbonyl (C=O) groups excluding carboxylic acids is 1. The molecule has 1 N–H and O–H groups in total. The molecule has 0 unspecified atom stereocenters. The summed E-state index contributed by atoms with van der Waals surface area (Å²) in [6.45, 7) is 0.874. The van der Waals surface area contributed by atoms with E-state index in [4.69, 9.17) is 4.42 Å². The third-order valence-electron chi connectivity index (χ3n) is 3.03. The van der Waals surface area contributed by atoms with Crippen molar-refractivity contribution in [3.63, 3.8) is 0 Å². The predicted molar refractivity (Wildman–Crippen MR) is 64.0 cm³/mol. The minimum absolute atomic E-state index is 0.134. The standard InChI is InChI=1S/C12H14N4O2/c17-11(8-9-4-3-7-18-9)13-12-15-14-10-5-1-2-6-16(10)12/h3-4,7H,1-2,5-6,8H2,(H,13,15,17). The summed E-state index contributed by atoms with van der Waals surface area (Å²) in [5.41, 5.74) is 0. The van der Waals surface area contributed by atoms with Gasteiger partial charge in [-0.25, -0.2) is 0 Å². The van der Waals surface area contributed by atoms with Crippen LogP contribution >= 0.6 is 0 Å². The molecule has 0 fully saturated rings. The van der Waals surface area contributed by atoms with Crippen molar-refractivity contribution in [3.05, 3.63) is 30.0 Å². The van der Waals surface area contributed by atoms with Gasteiger partial charge in [0, 0.05) is 13.0 Å². The van der Waals surface area contributed by atoms with Crippen molar-refractivity contribution in [2.24, 2.45) is 0 Å². The number of hydrogen-bond donors (Lipinski definition) is 1. The molecule has 1 amide bonds. The van der Waals surface area contributed by atoms with E-state index in [1.807, 2.05) is 4.57 Å². The highest BCUT2D eigenvalue weighted by Crippen LogP contribution is 2.17. The second-order valence-electron chi connectivity index (χ2n) is 4.35. The average molecular weight is 246 g/mol. The Bertz CT molecular complexity index is 544. The van der Waals surface area contributed by atoms with Crippen LogP contribution in [0.1, 0.15) is 24.4 Å². The molecule has 94 valence electrons. The summed E-state index contributed by atoms with van der Waals surface area (Å²) in [5, 5.41) is 10.9. The maximum atomic E-state index is 11.8. The van der Waals surface area contributed by atoms with E-state index in [1.165, 1.54) is 0 Å². The number of anilines is 1. The van der Waals surface area contributed by atoms with Gasteiger partial charge >= 0.3 is 0 Å². The number of furan rings is 1. The van der Waals surface area contributed by atoms with E-state index in [9.17, 15) is 4.79 Å². The van der Waals surface area contributed by atoms with Crippen LogP contribution in [0.3, 0.4) is 0 Å². The van der Waals surface area contributed by atoms with Crippen molar-refractivity contribution in [2.75, 3.05) is 5.32 Å². The number of fused-ring (bicyclic) bond motifs is 1. The predicted octanol–water partition coefficient (Wildman–Crippen LogP) is 1.39. The van der Waals surface area contributed by atoms with Crippen LogP contribution in [0.4, 0.5) is 5.95 Å². The highest BCUT2D eigenvalue weighted by molar-refractivity contribution is 5.90. The molecule has 0 radical (unpaired) electrons. The number of carbonyl (C=O) groups is 1. The van der Waals surface area contributed by atoms with Crippen LogP contribution in [0, 0.1) is 0 Å². The molecule has 0 bridgehead atoms. The van der Waals surface area contributed by atoms with Crippen molar-refractivity contribution in [1.82, 2.24) is 14.8 Å². The molecule has 3 rings (SSSR count). The van der Waals surface area contributed by atoms with Crippen molar-refractivity contribution in [3.8, 4) is 0 Å². The molecular weight excluding hydrogens is 232 g/mol. The van der Waals surface area contributed by atoms with Gasteiger partial charge in [0.05, 0.1) is 12.7 Å². The summed E-state index contributed by atoms with van der Waals surface area (Å²) < 4.78 is 7.11. The van der Waals surface area contributed by atoms with E-state index in [2.05, 4.69) is 15.5 Å². The van der Waals surface area contributed by atoms with Gasteiger partial charge in [0.1, 0.15) is 11.6 Å². The molecule has 2 aromatic heterocycles. The highest BCUT2D eigenvalue weighted by atomic mass is 16.3. The molecule has 0 atom stereocenters. The van der Waals surface area contributed by atoms with Gasteiger partial charge in [-0.1, -0.05) is 0 Å². The number of nitrogens with one attached hydrogen (secondary N) is 1. The molecule has 3 heterocycles. The molecule has 0 spiro atoms. The zero-order valence-corrected chi connectivity index (χ0v) is 9.93. The Morgan fingerprint density at radius 1 is 1.44 bits per heavy atom. The highest BCUT2D eigenvalue weighted by Gasteiger charge is 2.17. The summed E-state index contributed by atoms with van der Waals surface area (Å²) in [5.74, 6) is 2.01. The van der Waals surface area contributed by atoms with Crippen LogP contribution in [0.5, 0.6) is 0 Å². The first-order valence-electron chi connectivity index (χ1n) is 6.07. The SMILES string of the molecule is O=C(Cc1ccco1)Nc1nnc2n1CCCC2. The first-order chi connectivity index (χ1) is 8.83. The maximum absolute atomic E-state index is 11.8. The molecular formula is C12H14N4O2. The summed E-state index contributed by atoms with van der Waals surface area (Å²) in [7, 11) is 0. The van der Waals surface area contributed by atoms with E-state index < -0.39 is 0 Å². The minimum Gasteiger partial charge on any atom is -0.469 e. The van der Waals surface area contributed by atoms with E-state index in [0.717, 1.165) is 31.6 Å². The lowest BCUT2D eigenvalue weighted by molar-refractivity contribution is -0.115. The molecule has 6 heteroatoms. The number of hydrogen-bond acceptors (Lipinski definition) is 4. The number of aromatic nitrogens is 3. The van der Waals surface area contributed by atoms with Crippen molar-refractivity contribution in [2.45, 2.75) is 32.2 Å². The molecule has 18 heavy (non-hydrogen) atoms. The van der Waals surface area contributed by atoms with Crippen molar-refractivity contribution >= 4 is 11.9 Å². The smallest absolute Gasteiger partial charge is 0.234 e. The second-order valence-corrected chi connectivity index (χ2v) is 4.35. The minimum atomic E-state index is -0.134. The normalized spacial score (nSPS) is 14.2. The molecule has 0 aromatic carbocycles. The third kappa shape index (κ3) is 2.13. The van der Waals surface area contributed by atoms with Crippen LogP contribution < -0.4 is 5.32 Å². The Morgan fingerprint density at radius 3 is 3.22 bits per heavy atom. The molecule has 0 saturated carbocycles. The monoisotopic (exact) mass is 246 g/mol. The van der Waals surface area contributed by atoms with Crippen LogP contribution in [-0.2, 0) is 24.2 Å². The molecule has 0 saturated heterocycles. The topological polar surface area (TPSA) is 73.0 Å². The van der Waals surface area contributed by atoms with E-state index in [-0.39, 0.29) is 12.3 Å². The van der Waals surface area contributed by atoms with Crippen LogP contribution in [0.2, 0.25) is 0 Å². The quantitative estimate of drug-likeness (QED) is 0.888. The molecule has 1 aliphatic rings. The van der Waals surface area contributed by atoms with Crippen molar-refractivity contribution < 1.29 is 9.21 Å². The van der Waals surface area contributed by atoms with Gasteiger partial charge in [0.25, 0.3) is 0 Å². The zero-order valence-electron chi connectivity index (χ0n) is 9.93. The number of amides is 1. The summed E-state index contributed by atoms with van der Waals surface area (Å²) in [6, 6.07) is 3.54. The lowest BCUT2D eigenvalue weighted by Crippen LogP contribution is -2.19. The van der Waals surface area contributed by atoms with Gasteiger partial charge in [-0.2, -0.15) is 0 Å². The molecule has 6 nitrogen and oxygen atoms in total. The maximum Gasteiger partial charge on any atom is 0.234 e. The largest absolute Gasteiger partial charge is 0.469 e. The molecule has 0 aliphatic carbocycles. The molecule has 1 aliphatic heterocycles. The van der Waals surface area contributed by atoms with E-state index in [1.54, 1.807) is 18.4 Å². The lowest BCUT2D eigenvalue weighted by Gasteiger charge is -2.14. The Kier molecular flexibility index (Phi) is 2.84. The average Bonchev–Trinajstić information content (AvgIpc) is 3.00. The Hall–Kier alpha value is -2.11. The Morgan fingerprint density at radius 2 is 2.39 bits per heavy atom. The fourth-order valence-electron chi connectivity index (χ4n) is 2.14. The summed E-state index contributed by atoms with van der Waals surface area (Å²) >= 11 is 0. The second kappa shape index (κ2) is 4.64. The van der Waals surface area contributed by atoms with Crippen LogP contribution in [0.15, 0.2) is 22.8 Å². The number of nitrogens with zero attached hydrogens (tertiary/aromatic N) is 3. The Labute approximate surface area is 104 Å². The van der Waals surface area contributed by atoms with Gasteiger partial charge in [-0.05, 0) is 25.0 Å². The van der Waals surface area contributed by atoms with E-state index in [0.29, 0.717) is 11.7 Å².